The summed E-state index contributed by atoms with van der Waals surface area (Å²) in [5, 5.41) is 9.87. The maximum Gasteiger partial charge on any atom is 0.0616 e. The summed E-state index contributed by atoms with van der Waals surface area (Å²) in [5.74, 6) is 0. The van der Waals surface area contributed by atoms with E-state index in [4.69, 9.17) is 0 Å². The van der Waals surface area contributed by atoms with Crippen LogP contribution in [0.3, 0.4) is 0 Å². The van der Waals surface area contributed by atoms with Crippen LogP contribution in [0, 0.1) is 0 Å². The summed E-state index contributed by atoms with van der Waals surface area (Å²) < 4.78 is 0. The first-order valence-electron chi connectivity index (χ1n) is 2.69. The predicted octanol–water partition coefficient (Wildman–Crippen LogP) is 0.0540. The molecule has 2 N–H and O–H groups in total. The molecule has 2 heterocycles. The van der Waals surface area contributed by atoms with E-state index in [0.29, 0.717) is 6.04 Å². The molecule has 1 unspecified atom stereocenters. The molecule has 0 bridgehead atoms. The predicted molar refractivity (Wildman–Crippen MR) is 29.3 cm³/mol. The van der Waals surface area contributed by atoms with Crippen molar-refractivity contribution in [2.75, 3.05) is 6.54 Å². The molecule has 1 aliphatic rings. The standard InChI is InChI=1S/C5H7N3/c1-2-7-8-4(1)5-3-6-5/h1-2,5-6H,3H2,(H,7,8). The Kier molecular flexibility index (Phi) is 0.676. The van der Waals surface area contributed by atoms with Crippen molar-refractivity contribution in [3.05, 3.63) is 18.0 Å². The van der Waals surface area contributed by atoms with Gasteiger partial charge in [-0.25, -0.2) is 0 Å². The third-order valence-corrected chi connectivity index (χ3v) is 1.31. The van der Waals surface area contributed by atoms with Crippen molar-refractivity contribution < 1.29 is 0 Å². The van der Waals surface area contributed by atoms with Crippen LogP contribution in [0.25, 0.3) is 0 Å². The molecule has 8 heavy (non-hydrogen) atoms. The van der Waals surface area contributed by atoms with E-state index in [1.807, 2.05) is 6.07 Å². The summed E-state index contributed by atoms with van der Waals surface area (Å²) in [7, 11) is 0. The zero-order valence-corrected chi connectivity index (χ0v) is 4.39. The summed E-state index contributed by atoms with van der Waals surface area (Å²) in [4.78, 5) is 0. The van der Waals surface area contributed by atoms with Crippen LogP contribution in [0.1, 0.15) is 11.7 Å². The number of aromatic nitrogens is 2. The molecule has 42 valence electrons. The highest BCUT2D eigenvalue weighted by Crippen LogP contribution is 2.17. The van der Waals surface area contributed by atoms with Crippen LogP contribution >= 0.6 is 0 Å². The lowest BCUT2D eigenvalue weighted by Gasteiger charge is -1.81. The molecular weight excluding hydrogens is 102 g/mol. The van der Waals surface area contributed by atoms with Crippen molar-refractivity contribution in [2.45, 2.75) is 6.04 Å². The van der Waals surface area contributed by atoms with E-state index in [2.05, 4.69) is 15.5 Å². The lowest BCUT2D eigenvalue weighted by Crippen LogP contribution is -1.82. The maximum atomic E-state index is 3.82. The van der Waals surface area contributed by atoms with Gasteiger partial charge in [-0.3, -0.25) is 5.10 Å². The SMILES string of the molecule is c1cc(C2CN2)[nH]n1. The molecule has 0 amide bonds. The van der Waals surface area contributed by atoms with Crippen molar-refractivity contribution in [3.8, 4) is 0 Å². The molecule has 1 atom stereocenters. The number of aromatic amines is 1. The number of hydrogen-bond acceptors (Lipinski definition) is 2. The van der Waals surface area contributed by atoms with Gasteiger partial charge in [-0.15, -0.1) is 0 Å². The average Bonchev–Trinajstić information content (AvgIpc) is 2.49. The second-order valence-electron chi connectivity index (χ2n) is 1.97. The van der Waals surface area contributed by atoms with Crippen molar-refractivity contribution in [1.82, 2.24) is 15.5 Å². The number of rotatable bonds is 1. The highest BCUT2D eigenvalue weighted by Gasteiger charge is 2.22. The van der Waals surface area contributed by atoms with Crippen LogP contribution in [0.15, 0.2) is 12.3 Å². The lowest BCUT2D eigenvalue weighted by molar-refractivity contribution is 0.948. The second-order valence-corrected chi connectivity index (χ2v) is 1.97. The fourth-order valence-electron chi connectivity index (χ4n) is 0.740. The summed E-state index contributed by atoms with van der Waals surface area (Å²) >= 11 is 0. The number of nitrogens with one attached hydrogen (secondary N) is 2. The van der Waals surface area contributed by atoms with Crippen LogP contribution in [-0.4, -0.2) is 16.7 Å². The van der Waals surface area contributed by atoms with E-state index < -0.39 is 0 Å². The monoisotopic (exact) mass is 109 g/mol. The van der Waals surface area contributed by atoms with Gasteiger partial charge in [-0.1, -0.05) is 0 Å². The number of nitrogens with zero attached hydrogens (tertiary/aromatic N) is 1. The Labute approximate surface area is 47.1 Å². The number of hydrogen-bond donors (Lipinski definition) is 2. The first kappa shape index (κ1) is 4.09. The summed E-state index contributed by atoms with van der Waals surface area (Å²) in [5.41, 5.74) is 1.20. The molecule has 0 radical (unpaired) electrons. The van der Waals surface area contributed by atoms with Crippen LogP contribution in [-0.2, 0) is 0 Å². The van der Waals surface area contributed by atoms with E-state index in [0.717, 1.165) is 6.54 Å². The van der Waals surface area contributed by atoms with Gasteiger partial charge in [0.1, 0.15) is 0 Å². The normalized spacial score (nSPS) is 25.8. The molecule has 3 heteroatoms. The second kappa shape index (κ2) is 1.32. The lowest BCUT2D eigenvalue weighted by atomic mass is 10.3. The molecule has 0 saturated carbocycles. The fraction of sp³-hybridized carbons (Fsp3) is 0.400. The van der Waals surface area contributed by atoms with Crippen molar-refractivity contribution >= 4 is 0 Å². The van der Waals surface area contributed by atoms with Gasteiger partial charge >= 0.3 is 0 Å². The van der Waals surface area contributed by atoms with Gasteiger partial charge in [-0.05, 0) is 6.07 Å². The first-order valence-corrected chi connectivity index (χ1v) is 2.69. The van der Waals surface area contributed by atoms with E-state index in [1.54, 1.807) is 6.20 Å². The van der Waals surface area contributed by atoms with Crippen LogP contribution in [0.4, 0.5) is 0 Å². The summed E-state index contributed by atoms with van der Waals surface area (Å²) in [6.45, 7) is 1.10. The quantitative estimate of drug-likeness (QED) is 0.501. The zero-order valence-electron chi connectivity index (χ0n) is 4.39. The van der Waals surface area contributed by atoms with E-state index in [1.165, 1.54) is 5.69 Å². The average molecular weight is 109 g/mol. The fourth-order valence-corrected chi connectivity index (χ4v) is 0.740. The molecule has 0 aromatic carbocycles. The Balaban J connectivity index is 2.28. The molecule has 3 nitrogen and oxygen atoms in total. The minimum atomic E-state index is 0.567. The largest absolute Gasteiger partial charge is 0.306 e. The third kappa shape index (κ3) is 0.518. The van der Waals surface area contributed by atoms with Crippen molar-refractivity contribution in [2.24, 2.45) is 0 Å². The van der Waals surface area contributed by atoms with Crippen LogP contribution in [0.2, 0.25) is 0 Å². The molecule has 1 aromatic heterocycles. The van der Waals surface area contributed by atoms with E-state index >= 15 is 0 Å². The molecule has 0 spiro atoms. The van der Waals surface area contributed by atoms with E-state index in [9.17, 15) is 0 Å². The minimum absolute atomic E-state index is 0.567. The molecule has 0 aliphatic carbocycles. The Bertz CT molecular complexity index is 164. The molecule has 2 rings (SSSR count). The third-order valence-electron chi connectivity index (χ3n) is 1.31. The van der Waals surface area contributed by atoms with Gasteiger partial charge in [0.25, 0.3) is 0 Å². The van der Waals surface area contributed by atoms with Crippen molar-refractivity contribution in [1.29, 1.82) is 0 Å². The van der Waals surface area contributed by atoms with Gasteiger partial charge in [0.15, 0.2) is 0 Å². The molecule has 1 saturated heterocycles. The number of H-pyrrole nitrogens is 1. The van der Waals surface area contributed by atoms with Gasteiger partial charge < -0.3 is 5.32 Å². The Morgan fingerprint density at radius 2 is 2.62 bits per heavy atom. The Hall–Kier alpha value is -0.830. The maximum absolute atomic E-state index is 3.82. The van der Waals surface area contributed by atoms with Gasteiger partial charge in [0.2, 0.25) is 0 Å². The summed E-state index contributed by atoms with van der Waals surface area (Å²) in [6.07, 6.45) is 1.77. The molecule has 1 aromatic rings. The van der Waals surface area contributed by atoms with Gasteiger partial charge in [-0.2, -0.15) is 5.10 Å². The molecule has 1 aliphatic heterocycles. The van der Waals surface area contributed by atoms with E-state index in [-0.39, 0.29) is 0 Å². The van der Waals surface area contributed by atoms with Crippen molar-refractivity contribution in [3.63, 3.8) is 0 Å². The highest BCUT2D eigenvalue weighted by molar-refractivity contribution is 5.10. The zero-order chi connectivity index (χ0) is 5.40. The van der Waals surface area contributed by atoms with Gasteiger partial charge in [0.05, 0.1) is 11.7 Å². The van der Waals surface area contributed by atoms with Gasteiger partial charge in [0, 0.05) is 12.7 Å². The summed E-state index contributed by atoms with van der Waals surface area (Å²) in [6, 6.07) is 2.56. The highest BCUT2D eigenvalue weighted by atomic mass is 15.2. The first-order chi connectivity index (χ1) is 3.97. The van der Waals surface area contributed by atoms with Crippen LogP contribution < -0.4 is 5.32 Å². The topological polar surface area (TPSA) is 50.6 Å². The Morgan fingerprint density at radius 1 is 1.75 bits per heavy atom. The van der Waals surface area contributed by atoms with Crippen LogP contribution in [0.5, 0.6) is 0 Å². The smallest absolute Gasteiger partial charge is 0.0616 e. The Morgan fingerprint density at radius 3 is 3.12 bits per heavy atom. The molecule has 1 fully saturated rings. The molecular formula is C5H7N3. The minimum Gasteiger partial charge on any atom is -0.306 e.